The van der Waals surface area contributed by atoms with Gasteiger partial charge in [0.15, 0.2) is 5.78 Å². The first-order valence-corrected chi connectivity index (χ1v) is 12.1. The average molecular weight is 501 g/mol. The fourth-order valence-electron chi connectivity index (χ4n) is 4.32. The summed E-state index contributed by atoms with van der Waals surface area (Å²) < 4.78 is 18.3. The largest absolute Gasteiger partial charge is 0.488 e. The Morgan fingerprint density at radius 3 is 2.54 bits per heavy atom. The minimum absolute atomic E-state index is 0.0975. The first-order chi connectivity index (χ1) is 18.0. The van der Waals surface area contributed by atoms with Crippen molar-refractivity contribution < 1.29 is 23.6 Å². The normalized spacial score (nSPS) is 13.5. The smallest absolute Gasteiger partial charge is 0.254 e. The molecule has 2 aromatic carbocycles. The van der Waals surface area contributed by atoms with E-state index in [0.29, 0.717) is 60.0 Å². The fraction of sp³-hybridized carbons (Fsp3) is 0.286. The number of Topliss-reactive ketones (excluding diaryl/α,β-unsaturated/α-hetero) is 1. The Kier molecular flexibility index (Phi) is 7.14. The molecule has 1 saturated heterocycles. The summed E-state index contributed by atoms with van der Waals surface area (Å²) >= 11 is 0. The lowest BCUT2D eigenvalue weighted by Crippen LogP contribution is -2.40. The van der Waals surface area contributed by atoms with E-state index in [-0.39, 0.29) is 24.7 Å². The molecule has 4 aromatic rings. The maximum absolute atomic E-state index is 13.7. The van der Waals surface area contributed by atoms with Gasteiger partial charge in [0.25, 0.3) is 5.91 Å². The number of carbonyl (C=O) groups excluding carboxylic acids is 2. The Morgan fingerprint density at radius 1 is 1.08 bits per heavy atom. The van der Waals surface area contributed by atoms with Crippen molar-refractivity contribution in [1.82, 2.24) is 19.8 Å². The number of aromatic nitrogens is 3. The number of ether oxygens (including phenoxy) is 2. The number of hydrogen-bond acceptors (Lipinski definition) is 7. The van der Waals surface area contributed by atoms with Crippen molar-refractivity contribution in [3.8, 4) is 16.9 Å². The molecule has 190 valence electrons. The molecule has 9 nitrogen and oxygen atoms in total. The third-order valence-electron chi connectivity index (χ3n) is 6.40. The Bertz CT molecular complexity index is 1400. The number of amides is 1. The van der Waals surface area contributed by atoms with Gasteiger partial charge in [-0.25, -0.2) is 0 Å². The van der Waals surface area contributed by atoms with E-state index in [0.717, 1.165) is 11.1 Å². The Morgan fingerprint density at radius 2 is 1.86 bits per heavy atom. The lowest BCUT2D eigenvalue weighted by molar-refractivity contribution is 0.0303. The SMILES string of the molecule is Cc1nocc1CC(=O)c1cc(-c2cnn(C)c2)c(C(=O)N2CCOCC2)cc1OCc1ccccc1. The van der Waals surface area contributed by atoms with Crippen LogP contribution in [0.4, 0.5) is 0 Å². The quantitative estimate of drug-likeness (QED) is 0.339. The van der Waals surface area contributed by atoms with E-state index in [1.54, 1.807) is 34.8 Å². The van der Waals surface area contributed by atoms with E-state index in [9.17, 15) is 9.59 Å². The van der Waals surface area contributed by atoms with E-state index in [2.05, 4.69) is 10.3 Å². The van der Waals surface area contributed by atoms with Crippen LogP contribution in [0.15, 0.2) is 65.6 Å². The summed E-state index contributed by atoms with van der Waals surface area (Å²) in [7, 11) is 1.81. The number of hydrogen-bond donors (Lipinski definition) is 0. The second-order valence-corrected chi connectivity index (χ2v) is 9.00. The van der Waals surface area contributed by atoms with Gasteiger partial charge in [0.2, 0.25) is 0 Å². The molecule has 0 bridgehead atoms. The highest BCUT2D eigenvalue weighted by atomic mass is 16.5. The lowest BCUT2D eigenvalue weighted by atomic mass is 9.94. The standard InChI is InChI=1S/C28H28N4O5/c1-19-21(18-37-30-19)12-26(33)25-13-23(22-15-29-31(2)16-22)24(28(34)32-8-10-35-11-9-32)14-27(25)36-17-20-6-4-3-5-7-20/h3-7,13-16,18H,8-12,17H2,1-2H3. The van der Waals surface area contributed by atoms with E-state index in [1.807, 2.05) is 43.6 Å². The maximum atomic E-state index is 13.7. The number of benzene rings is 2. The number of rotatable bonds is 8. The molecule has 0 spiro atoms. The summed E-state index contributed by atoms with van der Waals surface area (Å²) in [6.07, 6.45) is 5.10. The van der Waals surface area contributed by atoms with Crippen LogP contribution in [0.2, 0.25) is 0 Å². The average Bonchev–Trinajstić information content (AvgIpc) is 3.55. The Labute approximate surface area is 214 Å². The van der Waals surface area contributed by atoms with Crippen LogP contribution in [-0.2, 0) is 24.8 Å². The molecule has 0 radical (unpaired) electrons. The number of aryl methyl sites for hydroxylation is 2. The highest BCUT2D eigenvalue weighted by Gasteiger charge is 2.26. The molecule has 1 amide bonds. The van der Waals surface area contributed by atoms with Crippen molar-refractivity contribution in [1.29, 1.82) is 0 Å². The first kappa shape index (κ1) is 24.5. The molecule has 1 aliphatic rings. The van der Waals surface area contributed by atoms with Gasteiger partial charge in [-0.05, 0) is 30.2 Å². The van der Waals surface area contributed by atoms with E-state index in [1.165, 1.54) is 6.26 Å². The van der Waals surface area contributed by atoms with Gasteiger partial charge in [0, 0.05) is 43.9 Å². The third kappa shape index (κ3) is 5.46. The molecule has 0 unspecified atom stereocenters. The summed E-state index contributed by atoms with van der Waals surface area (Å²) in [6.45, 7) is 4.02. The molecule has 5 rings (SSSR count). The summed E-state index contributed by atoms with van der Waals surface area (Å²) in [4.78, 5) is 29.0. The van der Waals surface area contributed by atoms with Gasteiger partial charge in [-0.1, -0.05) is 35.5 Å². The summed E-state index contributed by atoms with van der Waals surface area (Å²) in [5, 5.41) is 8.18. The molecule has 37 heavy (non-hydrogen) atoms. The monoisotopic (exact) mass is 500 g/mol. The predicted octanol–water partition coefficient (Wildman–Crippen LogP) is 3.86. The molecule has 9 heteroatoms. The number of ketones is 1. The summed E-state index contributed by atoms with van der Waals surface area (Å²) in [6, 6.07) is 13.1. The zero-order valence-corrected chi connectivity index (χ0v) is 20.8. The van der Waals surface area contributed by atoms with Gasteiger partial charge in [0.05, 0.1) is 36.2 Å². The minimum Gasteiger partial charge on any atom is -0.488 e. The fourth-order valence-corrected chi connectivity index (χ4v) is 4.32. The molecule has 0 aliphatic carbocycles. The summed E-state index contributed by atoms with van der Waals surface area (Å²) in [5.41, 5.74) is 4.52. The predicted molar refractivity (Wildman–Crippen MR) is 135 cm³/mol. The molecular formula is C28H28N4O5. The van der Waals surface area contributed by atoms with Crippen LogP contribution in [0.5, 0.6) is 5.75 Å². The van der Waals surface area contributed by atoms with Crippen molar-refractivity contribution in [3.63, 3.8) is 0 Å². The molecule has 0 atom stereocenters. The Balaban J connectivity index is 1.59. The zero-order chi connectivity index (χ0) is 25.8. The van der Waals surface area contributed by atoms with Gasteiger partial charge < -0.3 is 18.9 Å². The number of nitrogens with zero attached hydrogens (tertiary/aromatic N) is 4. The second-order valence-electron chi connectivity index (χ2n) is 9.00. The molecule has 1 fully saturated rings. The number of morpholine rings is 1. The minimum atomic E-state index is -0.162. The van der Waals surface area contributed by atoms with E-state index in [4.69, 9.17) is 14.0 Å². The van der Waals surface area contributed by atoms with Gasteiger partial charge >= 0.3 is 0 Å². The van der Waals surface area contributed by atoms with Crippen LogP contribution >= 0.6 is 0 Å². The van der Waals surface area contributed by atoms with E-state index < -0.39 is 0 Å². The second kappa shape index (κ2) is 10.8. The van der Waals surface area contributed by atoms with Gasteiger partial charge in [-0.2, -0.15) is 5.10 Å². The first-order valence-electron chi connectivity index (χ1n) is 12.1. The van der Waals surface area contributed by atoms with Crippen LogP contribution in [0.1, 0.15) is 37.5 Å². The third-order valence-corrected chi connectivity index (χ3v) is 6.40. The van der Waals surface area contributed by atoms with Crippen LogP contribution < -0.4 is 4.74 Å². The molecule has 2 aromatic heterocycles. The van der Waals surface area contributed by atoms with Gasteiger partial charge in [-0.15, -0.1) is 0 Å². The molecular weight excluding hydrogens is 472 g/mol. The highest BCUT2D eigenvalue weighted by molar-refractivity contribution is 6.06. The van der Waals surface area contributed by atoms with Crippen LogP contribution in [0.25, 0.3) is 11.1 Å². The van der Waals surface area contributed by atoms with Crippen molar-refractivity contribution >= 4 is 11.7 Å². The van der Waals surface area contributed by atoms with Crippen LogP contribution in [0, 0.1) is 6.92 Å². The number of carbonyl (C=O) groups is 2. The van der Waals surface area contributed by atoms with Gasteiger partial charge in [0.1, 0.15) is 18.6 Å². The lowest BCUT2D eigenvalue weighted by Gasteiger charge is -2.28. The topological polar surface area (TPSA) is 99.7 Å². The Hall–Kier alpha value is -4.24. The summed E-state index contributed by atoms with van der Waals surface area (Å²) in [5.74, 6) is 0.0534. The van der Waals surface area contributed by atoms with Crippen molar-refractivity contribution in [3.05, 3.63) is 89.1 Å². The molecule has 0 N–H and O–H groups in total. The highest BCUT2D eigenvalue weighted by Crippen LogP contribution is 2.33. The maximum Gasteiger partial charge on any atom is 0.254 e. The van der Waals surface area contributed by atoms with Crippen LogP contribution in [0.3, 0.4) is 0 Å². The molecule has 1 aliphatic heterocycles. The van der Waals surface area contributed by atoms with Crippen molar-refractivity contribution in [2.45, 2.75) is 20.0 Å². The van der Waals surface area contributed by atoms with Crippen molar-refractivity contribution in [2.75, 3.05) is 26.3 Å². The van der Waals surface area contributed by atoms with Crippen LogP contribution in [-0.4, -0.2) is 57.8 Å². The molecule has 3 heterocycles. The molecule has 0 saturated carbocycles. The zero-order valence-electron chi connectivity index (χ0n) is 20.8. The van der Waals surface area contributed by atoms with Gasteiger partial charge in [-0.3, -0.25) is 14.3 Å². The van der Waals surface area contributed by atoms with Crippen molar-refractivity contribution in [2.24, 2.45) is 7.05 Å². The van der Waals surface area contributed by atoms with E-state index >= 15 is 0 Å².